The summed E-state index contributed by atoms with van der Waals surface area (Å²) in [5, 5.41) is 1.85. The molecule has 19 heavy (non-hydrogen) atoms. The molecule has 0 fully saturated rings. The van der Waals surface area contributed by atoms with Crippen molar-refractivity contribution >= 4 is 40.1 Å². The maximum Gasteiger partial charge on any atom is 0.321 e. The summed E-state index contributed by atoms with van der Waals surface area (Å²) in [4.78, 5) is 11.6. The van der Waals surface area contributed by atoms with E-state index in [1.807, 2.05) is 36.4 Å². The van der Waals surface area contributed by atoms with E-state index >= 15 is 0 Å². The van der Waals surface area contributed by atoms with Crippen LogP contribution in [0.2, 0.25) is 0 Å². The molecule has 0 bridgehead atoms. The van der Waals surface area contributed by atoms with Crippen LogP contribution in [0.15, 0.2) is 53.2 Å². The molecule has 0 saturated carbocycles. The van der Waals surface area contributed by atoms with Gasteiger partial charge in [-0.3, -0.25) is 4.79 Å². The molecule has 0 unspecified atom stereocenters. The second kappa shape index (κ2) is 6.59. The van der Waals surface area contributed by atoms with Gasteiger partial charge in [-0.1, -0.05) is 59.8 Å². The molecule has 5 heteroatoms. The lowest BCUT2D eigenvalue weighted by molar-refractivity contribution is -0.131. The van der Waals surface area contributed by atoms with Gasteiger partial charge in [0.05, 0.1) is 5.75 Å². The molecule has 0 amide bonds. The average molecular weight is 297 g/mol. The zero-order valence-electron chi connectivity index (χ0n) is 9.81. The molecule has 0 aliphatic heterocycles. The molecule has 0 aliphatic carbocycles. The third kappa shape index (κ3) is 3.72. The maximum absolute atomic E-state index is 12.0. The number of halogens is 2. The number of fused-ring (bicyclic) bond motifs is 1. The molecule has 0 atom stereocenters. The molecule has 0 saturated heterocycles. The molecule has 0 spiro atoms. The number of carbonyl (C=O) groups excluding carboxylic acids is 1. The lowest BCUT2D eigenvalue weighted by atomic mass is 10.1. The minimum absolute atomic E-state index is 0.0392. The average Bonchev–Trinajstić information content (AvgIpc) is 2.45. The van der Waals surface area contributed by atoms with Crippen LogP contribution in [0.4, 0.5) is 4.39 Å². The number of hydrogen-bond donors (Lipinski definition) is 0. The van der Waals surface area contributed by atoms with E-state index in [0.29, 0.717) is 5.75 Å². The van der Waals surface area contributed by atoms with Gasteiger partial charge in [0.1, 0.15) is 16.4 Å². The molecule has 0 aromatic heterocycles. The zero-order valence-corrected chi connectivity index (χ0v) is 11.4. The fourth-order valence-corrected chi connectivity index (χ4v) is 2.14. The van der Waals surface area contributed by atoms with Crippen LogP contribution in [0.5, 0.6) is 5.75 Å². The van der Waals surface area contributed by atoms with Gasteiger partial charge >= 0.3 is 5.97 Å². The number of carbonyl (C=O) groups is 1. The molecule has 98 valence electrons. The molecular formula is C14H10ClFO2S. The minimum Gasteiger partial charge on any atom is -0.425 e. The first kappa shape index (κ1) is 13.9. The molecule has 0 N–H and O–H groups in total. The molecule has 2 aromatic carbocycles. The van der Waals surface area contributed by atoms with E-state index in [-0.39, 0.29) is 16.4 Å². The Morgan fingerprint density at radius 1 is 1.26 bits per heavy atom. The molecule has 0 radical (unpaired) electrons. The van der Waals surface area contributed by atoms with Crippen molar-refractivity contribution < 1.29 is 13.9 Å². The van der Waals surface area contributed by atoms with E-state index in [2.05, 4.69) is 0 Å². The number of rotatable bonds is 4. The van der Waals surface area contributed by atoms with Crippen LogP contribution in [0.1, 0.15) is 0 Å². The third-order valence-corrected chi connectivity index (χ3v) is 3.54. The number of esters is 1. The summed E-state index contributed by atoms with van der Waals surface area (Å²) in [6.07, 6.45) is 0.247. The summed E-state index contributed by atoms with van der Waals surface area (Å²) in [5.74, 6) is -0.0203. The van der Waals surface area contributed by atoms with Gasteiger partial charge in [-0.15, -0.1) is 0 Å². The summed E-state index contributed by atoms with van der Waals surface area (Å²) in [6.45, 7) is 0. The molecular weight excluding hydrogens is 287 g/mol. The van der Waals surface area contributed by atoms with E-state index in [9.17, 15) is 9.18 Å². The Labute approximate surface area is 119 Å². The summed E-state index contributed by atoms with van der Waals surface area (Å²) in [7, 11) is 0. The normalized spacial score (nSPS) is 11.6. The quantitative estimate of drug-likeness (QED) is 0.614. The van der Waals surface area contributed by atoms with Crippen molar-refractivity contribution in [1.29, 1.82) is 0 Å². The zero-order chi connectivity index (χ0) is 13.7. The third-order valence-electron chi connectivity index (χ3n) is 2.39. The fourth-order valence-electron chi connectivity index (χ4n) is 1.60. The number of thioether (sulfide) groups is 1. The monoisotopic (exact) mass is 296 g/mol. The van der Waals surface area contributed by atoms with Crippen molar-refractivity contribution in [3.8, 4) is 5.75 Å². The molecule has 2 rings (SSSR count). The second-order valence-corrected chi connectivity index (χ2v) is 5.30. The summed E-state index contributed by atoms with van der Waals surface area (Å²) < 4.78 is 17.2. The SMILES string of the molecule is O=C(CS/C(Cl)=C/F)Oc1cccc2ccccc12. The molecule has 2 nitrogen and oxygen atoms in total. The van der Waals surface area contributed by atoms with E-state index in [0.717, 1.165) is 22.5 Å². The van der Waals surface area contributed by atoms with Gasteiger partial charge in [-0.05, 0) is 11.5 Å². The van der Waals surface area contributed by atoms with Crippen molar-refractivity contribution in [2.24, 2.45) is 0 Å². The first-order chi connectivity index (χ1) is 9.20. The second-order valence-electron chi connectivity index (χ2n) is 3.65. The van der Waals surface area contributed by atoms with Crippen molar-refractivity contribution in [2.45, 2.75) is 0 Å². The fraction of sp³-hybridized carbons (Fsp3) is 0.0714. The van der Waals surface area contributed by atoms with Gasteiger partial charge in [-0.2, -0.15) is 0 Å². The number of benzene rings is 2. The van der Waals surface area contributed by atoms with Crippen molar-refractivity contribution in [3.05, 3.63) is 53.2 Å². The van der Waals surface area contributed by atoms with Crippen LogP contribution in [0.25, 0.3) is 10.8 Å². The van der Waals surface area contributed by atoms with Crippen LogP contribution in [0.3, 0.4) is 0 Å². The predicted octanol–water partition coefficient (Wildman–Crippen LogP) is 4.49. The van der Waals surface area contributed by atoms with E-state index in [1.54, 1.807) is 6.07 Å². The lowest BCUT2D eigenvalue weighted by Crippen LogP contribution is -2.10. The van der Waals surface area contributed by atoms with Crippen LogP contribution in [0, 0.1) is 0 Å². The Hall–Kier alpha value is -1.52. The van der Waals surface area contributed by atoms with Gasteiger partial charge < -0.3 is 4.74 Å². The topological polar surface area (TPSA) is 26.3 Å². The lowest BCUT2D eigenvalue weighted by Gasteiger charge is -2.07. The van der Waals surface area contributed by atoms with E-state index in [1.165, 1.54) is 0 Å². The van der Waals surface area contributed by atoms with Crippen molar-refractivity contribution in [3.63, 3.8) is 0 Å². The van der Waals surface area contributed by atoms with Gasteiger partial charge in [0, 0.05) is 5.39 Å². The summed E-state index contributed by atoms with van der Waals surface area (Å²) >= 11 is 6.33. The van der Waals surface area contributed by atoms with Crippen LogP contribution < -0.4 is 4.74 Å². The van der Waals surface area contributed by atoms with Gasteiger partial charge in [0.2, 0.25) is 0 Å². The van der Waals surface area contributed by atoms with Crippen LogP contribution in [-0.4, -0.2) is 11.7 Å². The van der Waals surface area contributed by atoms with Gasteiger partial charge in [0.15, 0.2) is 0 Å². The van der Waals surface area contributed by atoms with Gasteiger partial charge in [-0.25, -0.2) is 4.39 Å². The Balaban J connectivity index is 2.11. The highest BCUT2D eigenvalue weighted by Crippen LogP contribution is 2.26. The first-order valence-electron chi connectivity index (χ1n) is 5.48. The van der Waals surface area contributed by atoms with Crippen molar-refractivity contribution in [2.75, 3.05) is 5.75 Å². The Kier molecular flexibility index (Phi) is 4.82. The van der Waals surface area contributed by atoms with Crippen molar-refractivity contribution in [1.82, 2.24) is 0 Å². The van der Waals surface area contributed by atoms with Gasteiger partial charge in [0.25, 0.3) is 0 Å². The first-order valence-corrected chi connectivity index (χ1v) is 6.84. The predicted molar refractivity (Wildman–Crippen MR) is 77.1 cm³/mol. The Morgan fingerprint density at radius 2 is 2.00 bits per heavy atom. The highest BCUT2D eigenvalue weighted by atomic mass is 35.5. The smallest absolute Gasteiger partial charge is 0.321 e. The Morgan fingerprint density at radius 3 is 2.79 bits per heavy atom. The Bertz CT molecular complexity index is 622. The molecule has 2 aromatic rings. The summed E-state index contributed by atoms with van der Waals surface area (Å²) in [6, 6.07) is 13.1. The van der Waals surface area contributed by atoms with E-state index < -0.39 is 5.97 Å². The highest BCUT2D eigenvalue weighted by molar-refractivity contribution is 8.05. The number of ether oxygens (including phenoxy) is 1. The van der Waals surface area contributed by atoms with Crippen LogP contribution in [-0.2, 0) is 4.79 Å². The molecule has 0 aliphatic rings. The van der Waals surface area contributed by atoms with E-state index in [4.69, 9.17) is 16.3 Å². The summed E-state index contributed by atoms with van der Waals surface area (Å²) in [5.41, 5.74) is 0. The standard InChI is InChI=1S/C14H10ClFO2S/c15-13(8-16)19-9-14(17)18-12-7-3-5-10-4-1-2-6-11(10)12/h1-8H,9H2/b13-8+. The molecule has 0 heterocycles. The van der Waals surface area contributed by atoms with Crippen LogP contribution >= 0.6 is 23.4 Å². The highest BCUT2D eigenvalue weighted by Gasteiger charge is 2.09. The number of hydrogen-bond acceptors (Lipinski definition) is 3. The largest absolute Gasteiger partial charge is 0.425 e. The maximum atomic E-state index is 12.0. The minimum atomic E-state index is -0.471.